The normalized spacial score (nSPS) is 11.5. The Hall–Kier alpha value is -6.92. The van der Waals surface area contributed by atoms with Gasteiger partial charge in [-0.1, -0.05) is 12.1 Å². The van der Waals surface area contributed by atoms with Crippen LogP contribution in [0, 0.1) is 50.6 Å². The highest BCUT2D eigenvalue weighted by Crippen LogP contribution is 2.49. The molecule has 19 nitrogen and oxygen atoms in total. The third-order valence-electron chi connectivity index (χ3n) is 5.71. The molecule has 8 bridgehead atoms. The third-order valence-corrected chi connectivity index (χ3v) is 5.71. The molecule has 0 aliphatic carbocycles. The number of rotatable bonds is 5. The van der Waals surface area contributed by atoms with E-state index in [4.69, 9.17) is 18.9 Å². The maximum Gasteiger partial charge on any atom is 0.353 e. The van der Waals surface area contributed by atoms with Gasteiger partial charge in [0.2, 0.25) is 34.5 Å². The number of ether oxygens (including phenoxy) is 4. The first-order valence-electron chi connectivity index (χ1n) is 11.5. The number of hydrogen-bond acceptors (Lipinski definition) is 14. The minimum Gasteiger partial charge on any atom is -0.450 e. The van der Waals surface area contributed by atoms with Gasteiger partial charge >= 0.3 is 28.4 Å². The van der Waals surface area contributed by atoms with Crippen molar-refractivity contribution in [3.63, 3.8) is 0 Å². The van der Waals surface area contributed by atoms with E-state index in [0.717, 1.165) is 36.4 Å². The van der Waals surface area contributed by atoms with Gasteiger partial charge in [-0.2, -0.15) is 0 Å². The molecule has 0 radical (unpaired) electrons. The Balaban J connectivity index is 1.83. The second-order valence-corrected chi connectivity index (χ2v) is 8.35. The second kappa shape index (κ2) is 10.6. The maximum absolute atomic E-state index is 12.1. The van der Waals surface area contributed by atoms with Gasteiger partial charge in [0.05, 0.1) is 24.6 Å². The number of para-hydroxylation sites is 1. The van der Waals surface area contributed by atoms with Crippen molar-refractivity contribution in [2.24, 2.45) is 0 Å². The number of fused-ring (bicyclic) bond motifs is 8. The van der Waals surface area contributed by atoms with Crippen LogP contribution in [0.5, 0.6) is 46.0 Å². The summed E-state index contributed by atoms with van der Waals surface area (Å²) in [5.74, 6) is -4.19. The molecule has 0 spiro atoms. The summed E-state index contributed by atoms with van der Waals surface area (Å²) in [6.07, 6.45) is 0. The van der Waals surface area contributed by atoms with Crippen LogP contribution in [0.1, 0.15) is 0 Å². The van der Waals surface area contributed by atoms with Crippen LogP contribution in [-0.4, -0.2) is 24.6 Å². The van der Waals surface area contributed by atoms with Gasteiger partial charge in [0.15, 0.2) is 0 Å². The van der Waals surface area contributed by atoms with Crippen molar-refractivity contribution in [1.82, 2.24) is 0 Å². The molecule has 0 amide bonds. The predicted octanol–water partition coefficient (Wildman–Crippen LogP) is 6.71. The molecule has 43 heavy (non-hydrogen) atoms. The van der Waals surface area contributed by atoms with Crippen LogP contribution in [0.3, 0.4) is 0 Å². The Bertz CT molecular complexity index is 1770. The van der Waals surface area contributed by atoms with Crippen LogP contribution in [0.25, 0.3) is 0 Å². The van der Waals surface area contributed by atoms with Crippen LogP contribution in [0.2, 0.25) is 0 Å². The van der Waals surface area contributed by atoms with Crippen LogP contribution in [0.15, 0.2) is 66.7 Å². The van der Waals surface area contributed by atoms with Crippen molar-refractivity contribution < 1.29 is 43.6 Å². The highest BCUT2D eigenvalue weighted by atomic mass is 16.7. The number of hydrogen-bond donors (Lipinski definition) is 0. The molecule has 0 atom stereocenters. The quantitative estimate of drug-likeness (QED) is 0.152. The molecular formula is C24H11N5O14. The molecule has 0 aromatic heterocycles. The van der Waals surface area contributed by atoms with Crippen molar-refractivity contribution in [3.05, 3.63) is 117 Å². The summed E-state index contributed by atoms with van der Waals surface area (Å²) in [6, 6.07) is 10.9. The smallest absolute Gasteiger partial charge is 0.353 e. The molecule has 1 aliphatic heterocycles. The number of nitro groups is 5. The van der Waals surface area contributed by atoms with E-state index in [1.54, 1.807) is 0 Å². The second-order valence-electron chi connectivity index (χ2n) is 8.35. The molecule has 0 unspecified atom stereocenters. The Morgan fingerprint density at radius 1 is 0.395 bits per heavy atom. The van der Waals surface area contributed by atoms with Gasteiger partial charge in [-0.15, -0.1) is 0 Å². The Morgan fingerprint density at radius 2 is 0.744 bits per heavy atom. The number of nitro benzene ring substituents is 5. The van der Waals surface area contributed by atoms with Crippen molar-refractivity contribution in [3.8, 4) is 46.0 Å². The molecule has 0 saturated carbocycles. The highest BCUT2D eigenvalue weighted by molar-refractivity contribution is 5.68. The summed E-state index contributed by atoms with van der Waals surface area (Å²) >= 11 is 0. The topological polar surface area (TPSA) is 253 Å². The highest BCUT2D eigenvalue weighted by Gasteiger charge is 2.33. The number of benzene rings is 4. The number of nitrogens with zero attached hydrogens (tertiary/aromatic N) is 5. The zero-order chi connectivity index (χ0) is 31.0. The standard InChI is InChI=1S/C24H11N5O14/c30-25(31)14-8-16(27(34)35)22-10-20(14)40-12-3-1-4-13(7-12)41-21-11-23(17(28(36)37)9-15(21)26(32)33)43-19-6-2-5-18(42-22)24(19)29(38)39/h1-11H. The summed E-state index contributed by atoms with van der Waals surface area (Å²) in [5, 5.41) is 59.2. The van der Waals surface area contributed by atoms with Crippen LogP contribution >= 0.6 is 0 Å². The van der Waals surface area contributed by atoms with Crippen LogP contribution < -0.4 is 18.9 Å². The first-order chi connectivity index (χ1) is 20.4. The van der Waals surface area contributed by atoms with E-state index in [-0.39, 0.29) is 11.5 Å². The van der Waals surface area contributed by atoms with E-state index >= 15 is 0 Å². The molecule has 4 aromatic rings. The van der Waals surface area contributed by atoms with E-state index in [0.29, 0.717) is 12.1 Å². The zero-order valence-corrected chi connectivity index (χ0v) is 20.8. The lowest BCUT2D eigenvalue weighted by molar-refractivity contribution is -0.395. The maximum atomic E-state index is 12.1. The molecule has 5 rings (SSSR count). The van der Waals surface area contributed by atoms with Crippen molar-refractivity contribution >= 4 is 28.4 Å². The fraction of sp³-hybridized carbons (Fsp3) is 0. The van der Waals surface area contributed by atoms with E-state index in [1.165, 1.54) is 18.2 Å². The predicted molar refractivity (Wildman–Crippen MR) is 139 cm³/mol. The minimum atomic E-state index is -1.02. The van der Waals surface area contributed by atoms with Crippen molar-refractivity contribution in [1.29, 1.82) is 0 Å². The fourth-order valence-electron chi connectivity index (χ4n) is 3.91. The lowest BCUT2D eigenvalue weighted by Gasteiger charge is -2.14. The van der Waals surface area contributed by atoms with Gasteiger partial charge in [0, 0.05) is 18.2 Å². The molecule has 1 aliphatic rings. The van der Waals surface area contributed by atoms with Crippen molar-refractivity contribution in [2.45, 2.75) is 0 Å². The van der Waals surface area contributed by atoms with Crippen LogP contribution in [-0.2, 0) is 0 Å². The summed E-state index contributed by atoms with van der Waals surface area (Å²) in [4.78, 5) is 54.2. The van der Waals surface area contributed by atoms with E-state index in [1.807, 2.05) is 0 Å². The average molecular weight is 593 g/mol. The monoisotopic (exact) mass is 593 g/mol. The third kappa shape index (κ3) is 5.30. The zero-order valence-electron chi connectivity index (χ0n) is 20.8. The molecule has 216 valence electrons. The molecule has 0 fully saturated rings. The molecule has 4 aromatic carbocycles. The lowest BCUT2D eigenvalue weighted by atomic mass is 10.2. The summed E-state index contributed by atoms with van der Waals surface area (Å²) in [7, 11) is 0. The van der Waals surface area contributed by atoms with Gasteiger partial charge in [0.1, 0.15) is 23.6 Å². The van der Waals surface area contributed by atoms with E-state index in [9.17, 15) is 50.6 Å². The van der Waals surface area contributed by atoms with Crippen LogP contribution in [0.4, 0.5) is 28.4 Å². The fourth-order valence-corrected chi connectivity index (χ4v) is 3.91. The van der Waals surface area contributed by atoms with Gasteiger partial charge in [-0.05, 0) is 24.3 Å². The summed E-state index contributed by atoms with van der Waals surface area (Å²) < 4.78 is 22.2. The Morgan fingerprint density at radius 3 is 1.09 bits per heavy atom. The Kier molecular flexibility index (Phi) is 6.80. The average Bonchev–Trinajstić information content (AvgIpc) is 2.92. The largest absolute Gasteiger partial charge is 0.450 e. The molecule has 0 N–H and O–H groups in total. The summed E-state index contributed by atoms with van der Waals surface area (Å²) in [6.45, 7) is 0. The Labute approximate surface area is 235 Å². The summed E-state index contributed by atoms with van der Waals surface area (Å²) in [5.41, 5.74) is -4.60. The first-order valence-corrected chi connectivity index (χ1v) is 11.5. The minimum absolute atomic E-state index is 0.151. The van der Waals surface area contributed by atoms with Crippen molar-refractivity contribution in [2.75, 3.05) is 0 Å². The molecule has 1 heterocycles. The first kappa shape index (κ1) is 27.6. The van der Waals surface area contributed by atoms with Gasteiger partial charge in [0.25, 0.3) is 0 Å². The lowest BCUT2D eigenvalue weighted by Crippen LogP contribution is -2.03. The van der Waals surface area contributed by atoms with E-state index in [2.05, 4.69) is 0 Å². The molecular weight excluding hydrogens is 582 g/mol. The van der Waals surface area contributed by atoms with Gasteiger partial charge in [-0.25, -0.2) is 0 Å². The van der Waals surface area contributed by atoms with Gasteiger partial charge < -0.3 is 18.9 Å². The van der Waals surface area contributed by atoms with E-state index < -0.39 is 87.6 Å². The molecule has 19 heteroatoms. The van der Waals surface area contributed by atoms with Gasteiger partial charge in [-0.3, -0.25) is 50.6 Å². The molecule has 0 saturated heterocycles. The SMILES string of the molecule is O=[N+]([O-])c1cc([N+](=O)[O-])c2cc1Oc1cccc(c1)Oc1cc(c([N+](=O)[O-])cc1[N+](=O)[O-])Oc1cccc(c1[N+](=O)[O-])O2.